The quantitative estimate of drug-likeness (QED) is 0.541. The van der Waals surface area contributed by atoms with E-state index in [2.05, 4.69) is 4.98 Å². The van der Waals surface area contributed by atoms with Gasteiger partial charge >= 0.3 is 0 Å². The fourth-order valence-electron chi connectivity index (χ4n) is 0.999. The van der Waals surface area contributed by atoms with Gasteiger partial charge in [0.15, 0.2) is 0 Å². The van der Waals surface area contributed by atoms with Crippen molar-refractivity contribution >= 4 is 0 Å². The standard InChI is InChI=1S/C9H12N4/c10-4-2-6-13(11)8-9-3-1-5-12-7-9/h1,3,5,7H,2,6,8,11H2. The minimum atomic E-state index is 0.455. The Morgan fingerprint density at radius 1 is 1.62 bits per heavy atom. The van der Waals surface area contributed by atoms with Crippen LogP contribution in [-0.4, -0.2) is 16.5 Å². The molecule has 0 radical (unpaired) electrons. The third kappa shape index (κ3) is 3.65. The van der Waals surface area contributed by atoms with Gasteiger partial charge in [-0.05, 0) is 11.6 Å². The highest BCUT2D eigenvalue weighted by Gasteiger charge is 1.99. The van der Waals surface area contributed by atoms with Crippen LogP contribution in [-0.2, 0) is 6.54 Å². The van der Waals surface area contributed by atoms with E-state index in [1.165, 1.54) is 0 Å². The first-order valence-corrected chi connectivity index (χ1v) is 4.08. The molecule has 4 nitrogen and oxygen atoms in total. The molecule has 0 aliphatic carbocycles. The number of nitrogens with two attached hydrogens (primary N) is 1. The van der Waals surface area contributed by atoms with Crippen molar-refractivity contribution in [1.29, 1.82) is 5.26 Å². The van der Waals surface area contributed by atoms with E-state index in [1.54, 1.807) is 17.4 Å². The summed E-state index contributed by atoms with van der Waals surface area (Å²) in [7, 11) is 0. The number of hydrogen-bond donors (Lipinski definition) is 1. The van der Waals surface area contributed by atoms with Crippen molar-refractivity contribution in [1.82, 2.24) is 9.99 Å². The van der Waals surface area contributed by atoms with E-state index >= 15 is 0 Å². The van der Waals surface area contributed by atoms with Crippen LogP contribution in [0.15, 0.2) is 24.5 Å². The molecule has 0 aliphatic rings. The highest BCUT2D eigenvalue weighted by atomic mass is 15.4. The molecule has 13 heavy (non-hydrogen) atoms. The normalized spacial score (nSPS) is 9.92. The van der Waals surface area contributed by atoms with Gasteiger partial charge in [0.1, 0.15) is 0 Å². The average Bonchev–Trinajstić information content (AvgIpc) is 2.16. The summed E-state index contributed by atoms with van der Waals surface area (Å²) >= 11 is 0. The predicted octanol–water partition coefficient (Wildman–Crippen LogP) is 0.671. The number of aromatic nitrogens is 1. The van der Waals surface area contributed by atoms with Crippen LogP contribution >= 0.6 is 0 Å². The summed E-state index contributed by atoms with van der Waals surface area (Å²) in [5.41, 5.74) is 1.06. The zero-order valence-corrected chi connectivity index (χ0v) is 7.35. The zero-order valence-electron chi connectivity index (χ0n) is 7.35. The molecular weight excluding hydrogens is 164 g/mol. The molecular formula is C9H12N4. The number of hydrazine groups is 1. The Morgan fingerprint density at radius 3 is 3.08 bits per heavy atom. The molecule has 0 fully saturated rings. The van der Waals surface area contributed by atoms with E-state index < -0.39 is 0 Å². The summed E-state index contributed by atoms with van der Waals surface area (Å²) in [6.07, 6.45) is 3.95. The molecule has 68 valence electrons. The van der Waals surface area contributed by atoms with Crippen LogP contribution in [0.2, 0.25) is 0 Å². The molecule has 0 aliphatic heterocycles. The lowest BCUT2D eigenvalue weighted by molar-refractivity contribution is 0.281. The molecule has 0 spiro atoms. The van der Waals surface area contributed by atoms with Gasteiger partial charge in [0.2, 0.25) is 0 Å². The lowest BCUT2D eigenvalue weighted by Gasteiger charge is -2.13. The molecule has 2 N–H and O–H groups in total. The minimum absolute atomic E-state index is 0.455. The Hall–Kier alpha value is -1.44. The highest BCUT2D eigenvalue weighted by molar-refractivity contribution is 5.07. The third-order valence-electron chi connectivity index (χ3n) is 1.62. The second-order valence-electron chi connectivity index (χ2n) is 2.74. The fourth-order valence-corrected chi connectivity index (χ4v) is 0.999. The first-order chi connectivity index (χ1) is 6.33. The van der Waals surface area contributed by atoms with Gasteiger partial charge in [-0.15, -0.1) is 0 Å². The summed E-state index contributed by atoms with van der Waals surface area (Å²) in [6.45, 7) is 1.22. The number of nitrogens with zero attached hydrogens (tertiary/aromatic N) is 3. The van der Waals surface area contributed by atoms with Gasteiger partial charge < -0.3 is 0 Å². The number of rotatable bonds is 4. The highest BCUT2D eigenvalue weighted by Crippen LogP contribution is 1.98. The average molecular weight is 176 g/mol. The summed E-state index contributed by atoms with van der Waals surface area (Å²) in [6, 6.07) is 5.87. The molecule has 4 heteroatoms. The third-order valence-corrected chi connectivity index (χ3v) is 1.62. The molecule has 0 aromatic carbocycles. The first-order valence-electron chi connectivity index (χ1n) is 4.08. The van der Waals surface area contributed by atoms with Gasteiger partial charge in [0.05, 0.1) is 6.07 Å². The molecule has 0 saturated carbocycles. The number of pyridine rings is 1. The van der Waals surface area contributed by atoms with E-state index in [1.807, 2.05) is 18.2 Å². The number of nitriles is 1. The maximum Gasteiger partial charge on any atom is 0.0635 e. The molecule has 0 amide bonds. The van der Waals surface area contributed by atoms with Gasteiger partial charge in [-0.3, -0.25) is 10.8 Å². The second-order valence-corrected chi connectivity index (χ2v) is 2.74. The molecule has 1 heterocycles. The van der Waals surface area contributed by atoms with E-state index in [4.69, 9.17) is 11.1 Å². The molecule has 0 atom stereocenters. The maximum atomic E-state index is 8.34. The summed E-state index contributed by atoms with van der Waals surface area (Å²) < 4.78 is 0. The zero-order chi connectivity index (χ0) is 9.52. The lowest BCUT2D eigenvalue weighted by Crippen LogP contribution is -2.31. The van der Waals surface area contributed by atoms with E-state index in [-0.39, 0.29) is 0 Å². The van der Waals surface area contributed by atoms with E-state index in [9.17, 15) is 0 Å². The lowest BCUT2D eigenvalue weighted by atomic mass is 10.3. The van der Waals surface area contributed by atoms with Gasteiger partial charge in [0, 0.05) is 31.9 Å². The molecule has 1 rings (SSSR count). The second kappa shape index (κ2) is 5.25. The topological polar surface area (TPSA) is 65.9 Å². The van der Waals surface area contributed by atoms with Crippen molar-refractivity contribution in [3.8, 4) is 6.07 Å². The van der Waals surface area contributed by atoms with Crippen LogP contribution < -0.4 is 5.84 Å². The molecule has 1 aromatic heterocycles. The fraction of sp³-hybridized carbons (Fsp3) is 0.333. The van der Waals surface area contributed by atoms with Gasteiger partial charge in [-0.25, -0.2) is 5.01 Å². The van der Waals surface area contributed by atoms with Gasteiger partial charge in [-0.2, -0.15) is 5.26 Å². The monoisotopic (exact) mass is 176 g/mol. The van der Waals surface area contributed by atoms with E-state index in [0.717, 1.165) is 5.56 Å². The van der Waals surface area contributed by atoms with Crippen LogP contribution in [0.1, 0.15) is 12.0 Å². The van der Waals surface area contributed by atoms with Gasteiger partial charge in [0.25, 0.3) is 0 Å². The Labute approximate surface area is 77.6 Å². The summed E-state index contributed by atoms with van der Waals surface area (Å²) in [5, 5.41) is 9.95. The Balaban J connectivity index is 2.37. The molecule has 0 saturated heterocycles. The Kier molecular flexibility index (Phi) is 3.89. The molecule has 0 unspecified atom stereocenters. The first kappa shape index (κ1) is 9.65. The van der Waals surface area contributed by atoms with Crippen LogP contribution in [0.25, 0.3) is 0 Å². The minimum Gasteiger partial charge on any atom is -0.268 e. The largest absolute Gasteiger partial charge is 0.268 e. The van der Waals surface area contributed by atoms with Crippen molar-refractivity contribution in [2.45, 2.75) is 13.0 Å². The van der Waals surface area contributed by atoms with Crippen molar-refractivity contribution in [3.63, 3.8) is 0 Å². The smallest absolute Gasteiger partial charge is 0.0635 e. The van der Waals surface area contributed by atoms with Gasteiger partial charge in [-0.1, -0.05) is 6.07 Å². The SMILES string of the molecule is N#CCCN(N)Cc1cccnc1. The molecule has 0 bridgehead atoms. The van der Waals surface area contributed by atoms with Crippen molar-refractivity contribution in [3.05, 3.63) is 30.1 Å². The van der Waals surface area contributed by atoms with Crippen molar-refractivity contribution in [2.75, 3.05) is 6.54 Å². The number of hydrogen-bond acceptors (Lipinski definition) is 4. The predicted molar refractivity (Wildman–Crippen MR) is 49.1 cm³/mol. The summed E-state index contributed by atoms with van der Waals surface area (Å²) in [5.74, 6) is 5.65. The summed E-state index contributed by atoms with van der Waals surface area (Å²) in [4.78, 5) is 3.97. The maximum absolute atomic E-state index is 8.34. The van der Waals surface area contributed by atoms with Crippen molar-refractivity contribution in [2.24, 2.45) is 5.84 Å². The van der Waals surface area contributed by atoms with Crippen molar-refractivity contribution < 1.29 is 0 Å². The Bertz CT molecular complexity index is 277. The Morgan fingerprint density at radius 2 is 2.46 bits per heavy atom. The van der Waals surface area contributed by atoms with Crippen LogP contribution in [0, 0.1) is 11.3 Å². The van der Waals surface area contributed by atoms with E-state index in [0.29, 0.717) is 19.5 Å². The van der Waals surface area contributed by atoms with Crippen LogP contribution in [0.5, 0.6) is 0 Å². The van der Waals surface area contributed by atoms with Crippen LogP contribution in [0.3, 0.4) is 0 Å². The molecule has 1 aromatic rings. The van der Waals surface area contributed by atoms with Crippen LogP contribution in [0.4, 0.5) is 0 Å².